The van der Waals surface area contributed by atoms with Gasteiger partial charge in [0.1, 0.15) is 11.4 Å². The molecule has 2 aromatic carbocycles. The van der Waals surface area contributed by atoms with Crippen molar-refractivity contribution in [2.24, 2.45) is 0 Å². The molecule has 1 N–H and O–H groups in total. The van der Waals surface area contributed by atoms with E-state index in [2.05, 4.69) is 5.32 Å². The standard InChI is InChI=1S/C19H20N2O6/c1-3-12-26-15-10-8-14(9-11-15)19(23)27-13(2)18(22)20-16-6-4-5-7-17(16)21(24)25/h4-11,13H,3,12H2,1-2H3,(H,20,22)/t13-/m0/s1. The number of benzene rings is 2. The lowest BCUT2D eigenvalue weighted by Crippen LogP contribution is -2.30. The molecule has 0 heterocycles. The number of nitro groups is 1. The van der Waals surface area contributed by atoms with Crippen LogP contribution in [0.3, 0.4) is 0 Å². The third-order valence-electron chi connectivity index (χ3n) is 3.57. The van der Waals surface area contributed by atoms with Crippen molar-refractivity contribution in [3.05, 3.63) is 64.2 Å². The third kappa shape index (κ3) is 5.53. The summed E-state index contributed by atoms with van der Waals surface area (Å²) in [6.45, 7) is 3.95. The van der Waals surface area contributed by atoms with Gasteiger partial charge in [0, 0.05) is 6.07 Å². The van der Waals surface area contributed by atoms with Crippen LogP contribution >= 0.6 is 0 Å². The third-order valence-corrected chi connectivity index (χ3v) is 3.57. The number of carbonyl (C=O) groups excluding carboxylic acids is 2. The van der Waals surface area contributed by atoms with Crippen molar-refractivity contribution in [3.8, 4) is 5.75 Å². The van der Waals surface area contributed by atoms with Crippen molar-refractivity contribution < 1.29 is 24.0 Å². The molecule has 0 radical (unpaired) electrons. The van der Waals surface area contributed by atoms with E-state index in [1.165, 1.54) is 25.1 Å². The van der Waals surface area contributed by atoms with Gasteiger partial charge in [-0.1, -0.05) is 19.1 Å². The topological polar surface area (TPSA) is 108 Å². The first-order valence-corrected chi connectivity index (χ1v) is 8.40. The molecule has 8 heteroatoms. The van der Waals surface area contributed by atoms with E-state index in [9.17, 15) is 19.7 Å². The molecule has 0 saturated heterocycles. The summed E-state index contributed by atoms with van der Waals surface area (Å²) >= 11 is 0. The molecule has 1 atom stereocenters. The molecule has 0 saturated carbocycles. The van der Waals surface area contributed by atoms with Gasteiger partial charge in [-0.05, 0) is 43.7 Å². The van der Waals surface area contributed by atoms with Gasteiger partial charge in [-0.15, -0.1) is 0 Å². The Kier molecular flexibility index (Phi) is 6.87. The van der Waals surface area contributed by atoms with Crippen LogP contribution in [0.25, 0.3) is 0 Å². The minimum Gasteiger partial charge on any atom is -0.494 e. The van der Waals surface area contributed by atoms with Crippen LogP contribution in [-0.2, 0) is 9.53 Å². The van der Waals surface area contributed by atoms with E-state index in [4.69, 9.17) is 9.47 Å². The summed E-state index contributed by atoms with van der Waals surface area (Å²) < 4.78 is 10.6. The lowest BCUT2D eigenvalue weighted by molar-refractivity contribution is -0.383. The number of hydrogen-bond donors (Lipinski definition) is 1. The molecule has 0 unspecified atom stereocenters. The number of nitrogens with zero attached hydrogens (tertiary/aromatic N) is 1. The first-order valence-electron chi connectivity index (χ1n) is 8.40. The van der Waals surface area contributed by atoms with Gasteiger partial charge in [-0.2, -0.15) is 0 Å². The Morgan fingerprint density at radius 3 is 2.44 bits per heavy atom. The lowest BCUT2D eigenvalue weighted by Gasteiger charge is -2.14. The van der Waals surface area contributed by atoms with Gasteiger partial charge in [0.15, 0.2) is 6.10 Å². The molecule has 0 aliphatic rings. The highest BCUT2D eigenvalue weighted by Crippen LogP contribution is 2.23. The Balaban J connectivity index is 1.97. The number of amides is 1. The molecule has 0 fully saturated rings. The highest BCUT2D eigenvalue weighted by atomic mass is 16.6. The van der Waals surface area contributed by atoms with E-state index in [0.717, 1.165) is 6.42 Å². The molecule has 0 aliphatic carbocycles. The average Bonchev–Trinajstić information content (AvgIpc) is 2.66. The van der Waals surface area contributed by atoms with E-state index in [1.54, 1.807) is 30.3 Å². The zero-order chi connectivity index (χ0) is 19.8. The summed E-state index contributed by atoms with van der Waals surface area (Å²) in [6, 6.07) is 12.1. The van der Waals surface area contributed by atoms with Crippen molar-refractivity contribution >= 4 is 23.3 Å². The molecule has 0 aliphatic heterocycles. The van der Waals surface area contributed by atoms with Crippen LogP contribution in [-0.4, -0.2) is 29.5 Å². The summed E-state index contributed by atoms with van der Waals surface area (Å²) in [6.07, 6.45) is -0.260. The van der Waals surface area contributed by atoms with Crippen molar-refractivity contribution in [3.63, 3.8) is 0 Å². The SMILES string of the molecule is CCCOc1ccc(C(=O)O[C@@H](C)C(=O)Nc2ccccc2[N+](=O)[O-])cc1. The molecule has 142 valence electrons. The number of para-hydroxylation sites is 2. The first-order chi connectivity index (χ1) is 12.9. The Hall–Kier alpha value is -3.42. The van der Waals surface area contributed by atoms with Gasteiger partial charge in [-0.25, -0.2) is 4.79 Å². The highest BCUT2D eigenvalue weighted by Gasteiger charge is 2.22. The van der Waals surface area contributed by atoms with Crippen LogP contribution in [0, 0.1) is 10.1 Å². The molecule has 27 heavy (non-hydrogen) atoms. The van der Waals surface area contributed by atoms with E-state index >= 15 is 0 Å². The second-order valence-electron chi connectivity index (χ2n) is 5.68. The lowest BCUT2D eigenvalue weighted by atomic mass is 10.2. The number of esters is 1. The minimum atomic E-state index is -1.13. The van der Waals surface area contributed by atoms with Crippen LogP contribution in [0.15, 0.2) is 48.5 Å². The van der Waals surface area contributed by atoms with Crippen molar-refractivity contribution in [2.75, 3.05) is 11.9 Å². The molecule has 1 amide bonds. The maximum atomic E-state index is 12.2. The number of rotatable bonds is 8. The fourth-order valence-corrected chi connectivity index (χ4v) is 2.16. The minimum absolute atomic E-state index is 0.0350. The number of anilines is 1. The van der Waals surface area contributed by atoms with Crippen LogP contribution < -0.4 is 10.1 Å². The largest absolute Gasteiger partial charge is 0.494 e. The summed E-state index contributed by atoms with van der Waals surface area (Å²) in [5.74, 6) is -0.710. The smallest absolute Gasteiger partial charge is 0.338 e. The molecule has 2 aromatic rings. The van der Waals surface area contributed by atoms with Gasteiger partial charge in [0.05, 0.1) is 17.1 Å². The number of nitro benzene ring substituents is 1. The zero-order valence-electron chi connectivity index (χ0n) is 15.0. The molecule has 2 rings (SSSR count). The Morgan fingerprint density at radius 2 is 1.81 bits per heavy atom. The molecule has 0 bridgehead atoms. The van der Waals surface area contributed by atoms with Crippen LogP contribution in [0.5, 0.6) is 5.75 Å². The second kappa shape index (κ2) is 9.33. The highest BCUT2D eigenvalue weighted by molar-refractivity contribution is 5.98. The van der Waals surface area contributed by atoms with Gasteiger partial charge in [-0.3, -0.25) is 14.9 Å². The predicted octanol–water partition coefficient (Wildman–Crippen LogP) is 3.57. The van der Waals surface area contributed by atoms with Crippen molar-refractivity contribution in [1.82, 2.24) is 0 Å². The van der Waals surface area contributed by atoms with Crippen LogP contribution in [0.1, 0.15) is 30.6 Å². The normalized spacial score (nSPS) is 11.3. The maximum Gasteiger partial charge on any atom is 0.338 e. The number of nitrogens with one attached hydrogen (secondary N) is 1. The summed E-state index contributed by atoms with van der Waals surface area (Å²) in [5, 5.41) is 13.4. The average molecular weight is 372 g/mol. The number of carbonyl (C=O) groups is 2. The van der Waals surface area contributed by atoms with Crippen LogP contribution in [0.4, 0.5) is 11.4 Å². The van der Waals surface area contributed by atoms with E-state index in [0.29, 0.717) is 12.4 Å². The fourth-order valence-electron chi connectivity index (χ4n) is 2.16. The van der Waals surface area contributed by atoms with Gasteiger partial charge >= 0.3 is 5.97 Å². The quantitative estimate of drug-likeness (QED) is 0.431. The molecular weight excluding hydrogens is 352 g/mol. The monoisotopic (exact) mass is 372 g/mol. The van der Waals surface area contributed by atoms with Gasteiger partial charge in [0.2, 0.25) is 0 Å². The van der Waals surface area contributed by atoms with Crippen molar-refractivity contribution in [1.29, 1.82) is 0 Å². The van der Waals surface area contributed by atoms with Gasteiger partial charge < -0.3 is 14.8 Å². The second-order valence-corrected chi connectivity index (χ2v) is 5.68. The molecular formula is C19H20N2O6. The maximum absolute atomic E-state index is 12.2. The summed E-state index contributed by atoms with van der Waals surface area (Å²) in [7, 11) is 0. The van der Waals surface area contributed by atoms with E-state index < -0.39 is 22.9 Å². The molecule has 8 nitrogen and oxygen atoms in total. The molecule has 0 spiro atoms. The van der Waals surface area contributed by atoms with Gasteiger partial charge in [0.25, 0.3) is 11.6 Å². The Morgan fingerprint density at radius 1 is 1.15 bits per heavy atom. The number of ether oxygens (including phenoxy) is 2. The first kappa shape index (κ1) is 19.9. The fraction of sp³-hybridized carbons (Fsp3) is 0.263. The van der Waals surface area contributed by atoms with Crippen LogP contribution in [0.2, 0.25) is 0 Å². The molecule has 0 aromatic heterocycles. The zero-order valence-corrected chi connectivity index (χ0v) is 15.0. The predicted molar refractivity (Wildman–Crippen MR) is 98.8 cm³/mol. The van der Waals surface area contributed by atoms with E-state index in [1.807, 2.05) is 6.92 Å². The van der Waals surface area contributed by atoms with Crippen molar-refractivity contribution in [2.45, 2.75) is 26.4 Å². The summed E-state index contributed by atoms with van der Waals surface area (Å²) in [4.78, 5) is 34.7. The Bertz CT molecular complexity index is 819. The Labute approximate surface area is 156 Å². The number of hydrogen-bond acceptors (Lipinski definition) is 6. The van der Waals surface area contributed by atoms with E-state index in [-0.39, 0.29) is 16.9 Å². The summed E-state index contributed by atoms with van der Waals surface area (Å²) in [5.41, 5.74) is 0.0593.